The predicted molar refractivity (Wildman–Crippen MR) is 228 cm³/mol. The van der Waals surface area contributed by atoms with E-state index >= 15 is 0 Å². The van der Waals surface area contributed by atoms with E-state index in [0.29, 0.717) is 0 Å². The normalized spacial score (nSPS) is 13.1. The van der Waals surface area contributed by atoms with E-state index in [4.69, 9.17) is 9.15 Å². The van der Waals surface area contributed by atoms with Gasteiger partial charge in [0.1, 0.15) is 22.7 Å². The average molecular weight is 700 g/mol. The quantitative estimate of drug-likeness (QED) is 0.162. The van der Waals surface area contributed by atoms with E-state index in [1.54, 1.807) is 0 Å². The number of furan rings is 1. The first-order valence-corrected chi connectivity index (χ1v) is 19.4. The van der Waals surface area contributed by atoms with E-state index in [0.717, 1.165) is 47.3 Å². The van der Waals surface area contributed by atoms with Crippen LogP contribution in [0.4, 0.5) is 17.1 Å². The molecule has 0 unspecified atom stereocenters. The smallest absolute Gasteiger partial charge is 0.256 e. The van der Waals surface area contributed by atoms with Gasteiger partial charge in [-0.05, 0) is 105 Å². The molecule has 2 aliphatic heterocycles. The van der Waals surface area contributed by atoms with Gasteiger partial charge in [0.25, 0.3) is 6.71 Å². The highest BCUT2D eigenvalue weighted by Gasteiger charge is 2.43. The minimum absolute atomic E-state index is 0.0274. The summed E-state index contributed by atoms with van der Waals surface area (Å²) in [7, 11) is 0. The molecule has 0 bridgehead atoms. The lowest BCUT2D eigenvalue weighted by Gasteiger charge is -2.42. The summed E-state index contributed by atoms with van der Waals surface area (Å²) in [4.78, 5) is 2.53. The highest BCUT2D eigenvalue weighted by atomic mass is 16.5. The summed E-state index contributed by atoms with van der Waals surface area (Å²) in [5.41, 5.74) is 16.3. The third-order valence-electron chi connectivity index (χ3n) is 11.5. The lowest BCUT2D eigenvalue weighted by atomic mass is 9.34. The number of hydrogen-bond donors (Lipinski definition) is 0. The van der Waals surface area contributed by atoms with Gasteiger partial charge in [-0.3, -0.25) is 0 Å². The highest BCUT2D eigenvalue weighted by Crippen LogP contribution is 2.47. The Morgan fingerprint density at radius 1 is 0.574 bits per heavy atom. The zero-order valence-corrected chi connectivity index (χ0v) is 31.3. The number of rotatable bonds is 6. The maximum atomic E-state index is 7.03. The second-order valence-electron chi connectivity index (χ2n) is 15.9. The molecule has 262 valence electrons. The third-order valence-corrected chi connectivity index (χ3v) is 11.5. The Balaban J connectivity index is 1.29. The SMILES string of the molecule is CCCCc1c(N2c3ccc(-c4ccccc4)cc3B3c4cc(-c5ccccc5)ccc4Oc4cc(C(C)(C)C)cc2c43)ccc2c1oc1ccccc12. The van der Waals surface area contributed by atoms with Gasteiger partial charge >= 0.3 is 0 Å². The summed E-state index contributed by atoms with van der Waals surface area (Å²) in [6.07, 6.45) is 3.08. The van der Waals surface area contributed by atoms with Gasteiger partial charge in [0.2, 0.25) is 0 Å². The van der Waals surface area contributed by atoms with Crippen LogP contribution in [-0.2, 0) is 11.8 Å². The highest BCUT2D eigenvalue weighted by molar-refractivity contribution is 6.99. The molecule has 3 heterocycles. The Morgan fingerprint density at radius 3 is 1.96 bits per heavy atom. The number of ether oxygens (including phenoxy) is 1. The molecule has 10 rings (SSSR count). The minimum Gasteiger partial charge on any atom is -0.458 e. The first kappa shape index (κ1) is 32.6. The summed E-state index contributed by atoms with van der Waals surface area (Å²) in [6.45, 7) is 9.12. The van der Waals surface area contributed by atoms with Crippen LogP contribution in [0.5, 0.6) is 11.5 Å². The Kier molecular flexibility index (Phi) is 7.59. The van der Waals surface area contributed by atoms with Crippen molar-refractivity contribution in [3.63, 3.8) is 0 Å². The molecule has 0 amide bonds. The Bertz CT molecular complexity index is 2720. The Labute approximate surface area is 317 Å². The summed E-state index contributed by atoms with van der Waals surface area (Å²) < 4.78 is 13.8. The number of unbranched alkanes of at least 4 members (excludes halogenated alkanes) is 1. The maximum Gasteiger partial charge on any atom is 0.256 e. The summed E-state index contributed by atoms with van der Waals surface area (Å²) in [6, 6.07) is 53.0. The van der Waals surface area contributed by atoms with E-state index in [9.17, 15) is 0 Å². The molecule has 54 heavy (non-hydrogen) atoms. The Morgan fingerprint density at radius 2 is 1.24 bits per heavy atom. The Hall–Kier alpha value is -6.00. The third kappa shape index (κ3) is 5.19. The van der Waals surface area contributed by atoms with E-state index in [2.05, 4.69) is 178 Å². The molecule has 1 aromatic heterocycles. The van der Waals surface area contributed by atoms with Gasteiger partial charge in [-0.25, -0.2) is 0 Å². The molecule has 8 aromatic rings. The monoisotopic (exact) mass is 699 g/mol. The summed E-state index contributed by atoms with van der Waals surface area (Å²) in [5, 5.41) is 2.33. The van der Waals surface area contributed by atoms with Crippen molar-refractivity contribution in [2.24, 2.45) is 0 Å². The van der Waals surface area contributed by atoms with Crippen molar-refractivity contribution < 1.29 is 9.15 Å². The number of fused-ring (bicyclic) bond motifs is 7. The van der Waals surface area contributed by atoms with Crippen molar-refractivity contribution in [1.82, 2.24) is 0 Å². The topological polar surface area (TPSA) is 25.6 Å². The summed E-state index contributed by atoms with van der Waals surface area (Å²) >= 11 is 0. The van der Waals surface area contributed by atoms with Gasteiger partial charge in [0.05, 0.1) is 5.69 Å². The average Bonchev–Trinajstić information content (AvgIpc) is 3.59. The largest absolute Gasteiger partial charge is 0.458 e. The maximum absolute atomic E-state index is 7.03. The molecule has 0 saturated heterocycles. The van der Waals surface area contributed by atoms with Crippen molar-refractivity contribution in [1.29, 1.82) is 0 Å². The van der Waals surface area contributed by atoms with Crippen LogP contribution in [0.2, 0.25) is 0 Å². The zero-order chi connectivity index (χ0) is 36.6. The van der Waals surface area contributed by atoms with Crippen molar-refractivity contribution in [2.75, 3.05) is 4.90 Å². The first-order valence-electron chi connectivity index (χ1n) is 19.4. The van der Waals surface area contributed by atoms with Crippen LogP contribution in [0, 0.1) is 0 Å². The van der Waals surface area contributed by atoms with Crippen molar-refractivity contribution >= 4 is 62.1 Å². The molecule has 0 fully saturated rings. The van der Waals surface area contributed by atoms with E-state index in [-0.39, 0.29) is 12.1 Å². The van der Waals surface area contributed by atoms with Crippen molar-refractivity contribution in [3.05, 3.63) is 157 Å². The van der Waals surface area contributed by atoms with Crippen LogP contribution in [0.1, 0.15) is 51.7 Å². The van der Waals surface area contributed by atoms with Crippen LogP contribution in [0.15, 0.2) is 150 Å². The number of anilines is 3. The molecule has 0 saturated carbocycles. The van der Waals surface area contributed by atoms with Gasteiger partial charge in [-0.1, -0.05) is 137 Å². The van der Waals surface area contributed by atoms with Gasteiger partial charge < -0.3 is 14.1 Å². The fraction of sp³-hybridized carbons (Fsp3) is 0.160. The van der Waals surface area contributed by atoms with Crippen LogP contribution in [0.3, 0.4) is 0 Å². The fourth-order valence-electron chi connectivity index (χ4n) is 8.71. The van der Waals surface area contributed by atoms with Gasteiger partial charge in [0.15, 0.2) is 0 Å². The first-order chi connectivity index (χ1) is 26.4. The van der Waals surface area contributed by atoms with Gasteiger partial charge in [-0.2, -0.15) is 0 Å². The van der Waals surface area contributed by atoms with Crippen LogP contribution >= 0.6 is 0 Å². The number of nitrogens with zero attached hydrogens (tertiary/aromatic N) is 1. The molecule has 2 aliphatic rings. The van der Waals surface area contributed by atoms with Gasteiger partial charge in [0, 0.05) is 27.7 Å². The fourth-order valence-corrected chi connectivity index (χ4v) is 8.71. The lowest BCUT2D eigenvalue weighted by Crippen LogP contribution is -2.59. The molecule has 4 heteroatoms. The van der Waals surface area contributed by atoms with E-state index < -0.39 is 0 Å². The summed E-state index contributed by atoms with van der Waals surface area (Å²) in [5.74, 6) is 1.85. The molecule has 7 aromatic carbocycles. The second kappa shape index (κ2) is 12.6. The van der Waals surface area contributed by atoms with E-state index in [1.807, 2.05) is 0 Å². The molecule has 0 radical (unpaired) electrons. The minimum atomic E-state index is -0.0985. The van der Waals surface area contributed by atoms with Crippen LogP contribution < -0.4 is 26.0 Å². The van der Waals surface area contributed by atoms with Crippen LogP contribution in [-0.4, -0.2) is 6.71 Å². The number of benzene rings is 7. The molecule has 0 spiro atoms. The molecule has 0 N–H and O–H groups in total. The van der Waals surface area contributed by atoms with Crippen molar-refractivity contribution in [3.8, 4) is 33.8 Å². The zero-order valence-electron chi connectivity index (χ0n) is 31.3. The number of aryl methyl sites for hydroxylation is 1. The molecule has 0 aliphatic carbocycles. The molecule has 0 atom stereocenters. The van der Waals surface area contributed by atoms with Crippen molar-refractivity contribution in [2.45, 2.75) is 52.4 Å². The predicted octanol–water partition coefficient (Wildman–Crippen LogP) is 12.0. The molecular weight excluding hydrogens is 657 g/mol. The number of hydrogen-bond acceptors (Lipinski definition) is 3. The van der Waals surface area contributed by atoms with Crippen LogP contribution in [0.25, 0.3) is 44.2 Å². The lowest BCUT2D eigenvalue weighted by molar-refractivity contribution is 0.483. The standard InChI is InChI=1S/C50H42BNO2/c1-5-6-19-39-42(26-24-38-37-20-13-14-21-45(37)54-49(38)39)52-43-25-22-34(32-15-9-7-10-16-32)28-40(43)51-41-29-35(33-17-11-8-12-18-33)23-27-46(41)53-47-31-36(50(2,3)4)30-44(52)48(47)51/h7-18,20-31H,5-6,19H2,1-4H3. The molecular formula is C50H42BNO2. The number of para-hydroxylation sites is 1. The second-order valence-corrected chi connectivity index (χ2v) is 15.9. The van der Waals surface area contributed by atoms with Gasteiger partial charge in [-0.15, -0.1) is 0 Å². The molecule has 3 nitrogen and oxygen atoms in total. The van der Waals surface area contributed by atoms with E-state index in [1.165, 1.54) is 72.2 Å².